The van der Waals surface area contributed by atoms with Crippen molar-refractivity contribution in [3.8, 4) is 0 Å². The second-order valence-corrected chi connectivity index (χ2v) is 5.46. The molecule has 4 nitrogen and oxygen atoms in total. The van der Waals surface area contributed by atoms with Crippen LogP contribution in [0.15, 0.2) is 30.3 Å². The number of anilines is 1. The molecule has 1 aromatic heterocycles. The zero-order valence-electron chi connectivity index (χ0n) is 12.1. The molecule has 1 aromatic carbocycles. The van der Waals surface area contributed by atoms with Gasteiger partial charge in [-0.25, -0.2) is 9.78 Å². The van der Waals surface area contributed by atoms with E-state index in [9.17, 15) is 9.90 Å². The molecule has 0 fully saturated rings. The smallest absolute Gasteiger partial charge is 0.339 e. The summed E-state index contributed by atoms with van der Waals surface area (Å²) in [6.45, 7) is 5.57. The Morgan fingerprint density at radius 2 is 1.90 bits per heavy atom. The van der Waals surface area contributed by atoms with Crippen molar-refractivity contribution in [1.82, 2.24) is 4.98 Å². The Morgan fingerprint density at radius 1 is 1.29 bits per heavy atom. The Bertz CT molecular complexity index is 669. The van der Waals surface area contributed by atoms with Gasteiger partial charge in [-0.05, 0) is 50.1 Å². The number of rotatable bonds is 4. The standard InChI is InChI=1S/C16H17ClN2O2/c1-9-8-10(2)18-15(14(9)16(20)21)19-11(3)12-4-6-13(17)7-5-12/h4-8,11H,1-3H3,(H,18,19)(H,20,21). The van der Waals surface area contributed by atoms with E-state index in [1.807, 2.05) is 38.1 Å². The van der Waals surface area contributed by atoms with Crippen LogP contribution in [0, 0.1) is 13.8 Å². The highest BCUT2D eigenvalue weighted by molar-refractivity contribution is 6.30. The van der Waals surface area contributed by atoms with Crippen molar-refractivity contribution in [1.29, 1.82) is 0 Å². The minimum atomic E-state index is -0.981. The number of carboxylic acids is 1. The van der Waals surface area contributed by atoms with Crippen molar-refractivity contribution < 1.29 is 9.90 Å². The predicted octanol–water partition coefficient (Wildman–Crippen LogP) is 4.22. The molecule has 21 heavy (non-hydrogen) atoms. The van der Waals surface area contributed by atoms with Crippen LogP contribution >= 0.6 is 11.6 Å². The summed E-state index contributed by atoms with van der Waals surface area (Å²) in [5, 5.41) is 13.2. The van der Waals surface area contributed by atoms with Gasteiger partial charge >= 0.3 is 5.97 Å². The summed E-state index contributed by atoms with van der Waals surface area (Å²) in [6.07, 6.45) is 0. The van der Waals surface area contributed by atoms with Crippen molar-refractivity contribution in [3.63, 3.8) is 0 Å². The molecule has 0 amide bonds. The fourth-order valence-corrected chi connectivity index (χ4v) is 2.38. The van der Waals surface area contributed by atoms with Gasteiger partial charge in [0.1, 0.15) is 11.4 Å². The highest BCUT2D eigenvalue weighted by atomic mass is 35.5. The van der Waals surface area contributed by atoms with Gasteiger partial charge in [0.15, 0.2) is 0 Å². The summed E-state index contributed by atoms with van der Waals surface area (Å²) >= 11 is 5.87. The van der Waals surface area contributed by atoms with Crippen LogP contribution in [0.4, 0.5) is 5.82 Å². The Balaban J connectivity index is 2.34. The van der Waals surface area contributed by atoms with E-state index < -0.39 is 5.97 Å². The Kier molecular flexibility index (Phi) is 4.48. The van der Waals surface area contributed by atoms with Crippen molar-refractivity contribution >= 4 is 23.4 Å². The molecule has 2 rings (SSSR count). The molecular weight excluding hydrogens is 288 g/mol. The average Bonchev–Trinajstić information content (AvgIpc) is 2.37. The number of aromatic carboxylic acids is 1. The molecule has 1 heterocycles. The second-order valence-electron chi connectivity index (χ2n) is 5.03. The molecule has 1 unspecified atom stereocenters. The molecule has 1 atom stereocenters. The number of hydrogen-bond acceptors (Lipinski definition) is 3. The molecular formula is C16H17ClN2O2. The third-order valence-corrected chi connectivity index (χ3v) is 3.53. The molecule has 0 saturated carbocycles. The van der Waals surface area contributed by atoms with Gasteiger partial charge in [0.05, 0.1) is 0 Å². The number of aryl methyl sites for hydroxylation is 2. The molecule has 2 N–H and O–H groups in total. The zero-order chi connectivity index (χ0) is 15.6. The minimum absolute atomic E-state index is 0.0749. The van der Waals surface area contributed by atoms with Gasteiger partial charge in [0, 0.05) is 16.8 Å². The maximum Gasteiger partial charge on any atom is 0.339 e. The molecule has 0 aliphatic carbocycles. The second kappa shape index (κ2) is 6.14. The Labute approximate surface area is 128 Å². The lowest BCUT2D eigenvalue weighted by molar-refractivity contribution is 0.0696. The number of carboxylic acid groups (broad SMARTS) is 1. The van der Waals surface area contributed by atoms with E-state index in [-0.39, 0.29) is 11.6 Å². The van der Waals surface area contributed by atoms with Crippen LogP contribution in [-0.2, 0) is 0 Å². The van der Waals surface area contributed by atoms with Gasteiger partial charge in [-0.3, -0.25) is 0 Å². The molecule has 0 aliphatic heterocycles. The number of hydrogen-bond donors (Lipinski definition) is 2. The van der Waals surface area contributed by atoms with Crippen molar-refractivity contribution in [2.45, 2.75) is 26.8 Å². The lowest BCUT2D eigenvalue weighted by Gasteiger charge is -2.18. The third kappa shape index (κ3) is 3.52. The van der Waals surface area contributed by atoms with Crippen LogP contribution in [0.5, 0.6) is 0 Å². The largest absolute Gasteiger partial charge is 0.478 e. The highest BCUT2D eigenvalue weighted by Gasteiger charge is 2.17. The zero-order valence-corrected chi connectivity index (χ0v) is 12.9. The fourth-order valence-electron chi connectivity index (χ4n) is 2.25. The molecule has 5 heteroatoms. The number of benzene rings is 1. The molecule has 0 radical (unpaired) electrons. The monoisotopic (exact) mass is 304 g/mol. The molecule has 0 spiro atoms. The molecule has 2 aromatic rings. The third-order valence-electron chi connectivity index (χ3n) is 3.28. The normalized spacial score (nSPS) is 12.0. The number of pyridine rings is 1. The average molecular weight is 305 g/mol. The van der Waals surface area contributed by atoms with Crippen LogP contribution in [0.2, 0.25) is 5.02 Å². The number of halogens is 1. The first-order chi connectivity index (χ1) is 9.88. The van der Waals surface area contributed by atoms with Crippen molar-refractivity contribution in [2.24, 2.45) is 0 Å². The summed E-state index contributed by atoms with van der Waals surface area (Å²) < 4.78 is 0. The number of aromatic nitrogens is 1. The predicted molar refractivity (Wildman–Crippen MR) is 84.2 cm³/mol. The Hall–Kier alpha value is -2.07. The lowest BCUT2D eigenvalue weighted by Crippen LogP contribution is -2.14. The summed E-state index contributed by atoms with van der Waals surface area (Å²) in [6, 6.07) is 9.12. The van der Waals surface area contributed by atoms with Crippen molar-refractivity contribution in [2.75, 3.05) is 5.32 Å². The summed E-state index contributed by atoms with van der Waals surface area (Å²) in [5.41, 5.74) is 2.70. The topological polar surface area (TPSA) is 62.2 Å². The molecule has 110 valence electrons. The molecule has 0 saturated heterocycles. The quantitative estimate of drug-likeness (QED) is 0.887. The van der Waals surface area contributed by atoms with E-state index >= 15 is 0 Å². The minimum Gasteiger partial charge on any atom is -0.478 e. The number of nitrogens with zero attached hydrogens (tertiary/aromatic N) is 1. The summed E-state index contributed by atoms with van der Waals surface area (Å²) in [4.78, 5) is 15.7. The van der Waals surface area contributed by atoms with Gasteiger partial charge in [0.2, 0.25) is 0 Å². The van der Waals surface area contributed by atoms with Crippen LogP contribution in [-0.4, -0.2) is 16.1 Å². The first-order valence-corrected chi connectivity index (χ1v) is 7.00. The van der Waals surface area contributed by atoms with Crippen molar-refractivity contribution in [3.05, 3.63) is 57.7 Å². The van der Waals surface area contributed by atoms with Crippen LogP contribution < -0.4 is 5.32 Å². The first kappa shape index (κ1) is 15.3. The maximum atomic E-state index is 11.4. The van der Waals surface area contributed by atoms with E-state index in [1.54, 1.807) is 13.0 Å². The van der Waals surface area contributed by atoms with E-state index in [0.29, 0.717) is 16.4 Å². The summed E-state index contributed by atoms with van der Waals surface area (Å²) in [7, 11) is 0. The Morgan fingerprint density at radius 3 is 2.48 bits per heavy atom. The number of nitrogens with one attached hydrogen (secondary N) is 1. The van der Waals surface area contributed by atoms with Gasteiger partial charge in [0.25, 0.3) is 0 Å². The SMILES string of the molecule is Cc1cc(C)c(C(=O)O)c(NC(C)c2ccc(Cl)cc2)n1. The molecule has 0 aliphatic rings. The number of carbonyl (C=O) groups is 1. The van der Waals surface area contributed by atoms with Gasteiger partial charge < -0.3 is 10.4 Å². The van der Waals surface area contributed by atoms with Crippen LogP contribution in [0.1, 0.15) is 40.1 Å². The van der Waals surface area contributed by atoms with Crippen LogP contribution in [0.3, 0.4) is 0 Å². The highest BCUT2D eigenvalue weighted by Crippen LogP contribution is 2.24. The molecule has 0 bridgehead atoms. The lowest BCUT2D eigenvalue weighted by atomic mass is 10.1. The van der Waals surface area contributed by atoms with Crippen LogP contribution in [0.25, 0.3) is 0 Å². The fraction of sp³-hybridized carbons (Fsp3) is 0.250. The summed E-state index contributed by atoms with van der Waals surface area (Å²) in [5.74, 6) is -0.590. The van der Waals surface area contributed by atoms with Gasteiger partial charge in [-0.1, -0.05) is 23.7 Å². The van der Waals surface area contributed by atoms with E-state index in [1.165, 1.54) is 0 Å². The van der Waals surface area contributed by atoms with E-state index in [0.717, 1.165) is 11.3 Å². The maximum absolute atomic E-state index is 11.4. The van der Waals surface area contributed by atoms with E-state index in [4.69, 9.17) is 11.6 Å². The van der Waals surface area contributed by atoms with E-state index in [2.05, 4.69) is 10.3 Å². The van der Waals surface area contributed by atoms with Gasteiger partial charge in [-0.2, -0.15) is 0 Å². The van der Waals surface area contributed by atoms with Gasteiger partial charge in [-0.15, -0.1) is 0 Å². The first-order valence-electron chi connectivity index (χ1n) is 6.62.